The van der Waals surface area contributed by atoms with E-state index < -0.39 is 11.7 Å². The molecule has 0 bridgehead atoms. The molecule has 4 heteroatoms. The van der Waals surface area contributed by atoms with Crippen LogP contribution in [0, 0.1) is 5.92 Å². The van der Waals surface area contributed by atoms with Crippen LogP contribution in [-0.2, 0) is 6.18 Å². The Bertz CT molecular complexity index is 410. The van der Waals surface area contributed by atoms with Gasteiger partial charge in [0, 0.05) is 12.2 Å². The second-order valence-corrected chi connectivity index (χ2v) is 4.87. The Hall–Kier alpha value is -1.19. The molecular weight excluding hydrogens is 227 g/mol. The fourth-order valence-corrected chi connectivity index (χ4v) is 2.42. The standard InChI is InChI=1S/C13H16F3N/c1-8(2)10-5-6-17-12-7-9(13(14,15)16)3-4-11(10)12/h3-4,7-8,10,17H,5-6H2,1-2H3. The number of hydrogen-bond acceptors (Lipinski definition) is 1. The van der Waals surface area contributed by atoms with E-state index in [4.69, 9.17) is 0 Å². The van der Waals surface area contributed by atoms with Crippen molar-refractivity contribution < 1.29 is 13.2 Å². The highest BCUT2D eigenvalue weighted by atomic mass is 19.4. The van der Waals surface area contributed by atoms with Gasteiger partial charge in [-0.1, -0.05) is 19.9 Å². The summed E-state index contributed by atoms with van der Waals surface area (Å²) in [5, 5.41) is 3.06. The van der Waals surface area contributed by atoms with E-state index in [9.17, 15) is 13.2 Å². The summed E-state index contributed by atoms with van der Waals surface area (Å²) in [5.41, 5.74) is 1.08. The summed E-state index contributed by atoms with van der Waals surface area (Å²) >= 11 is 0. The van der Waals surface area contributed by atoms with Gasteiger partial charge in [-0.2, -0.15) is 13.2 Å². The predicted molar refractivity (Wildman–Crippen MR) is 62.1 cm³/mol. The van der Waals surface area contributed by atoms with Crippen molar-refractivity contribution in [2.24, 2.45) is 5.92 Å². The van der Waals surface area contributed by atoms with Crippen molar-refractivity contribution in [3.05, 3.63) is 29.3 Å². The van der Waals surface area contributed by atoms with Crippen LogP contribution in [0.1, 0.15) is 37.3 Å². The van der Waals surface area contributed by atoms with Crippen LogP contribution in [0.4, 0.5) is 18.9 Å². The number of rotatable bonds is 1. The molecule has 1 aromatic rings. The van der Waals surface area contributed by atoms with E-state index >= 15 is 0 Å². The number of alkyl halides is 3. The topological polar surface area (TPSA) is 12.0 Å². The second kappa shape index (κ2) is 4.24. The number of halogens is 3. The van der Waals surface area contributed by atoms with Crippen molar-refractivity contribution in [1.82, 2.24) is 0 Å². The van der Waals surface area contributed by atoms with Crippen LogP contribution in [0.25, 0.3) is 0 Å². The van der Waals surface area contributed by atoms with E-state index in [0.717, 1.165) is 18.5 Å². The molecule has 0 saturated carbocycles. The molecule has 0 aromatic heterocycles. The van der Waals surface area contributed by atoms with Gasteiger partial charge in [0.15, 0.2) is 0 Å². The quantitative estimate of drug-likeness (QED) is 0.777. The zero-order valence-corrected chi connectivity index (χ0v) is 9.93. The number of anilines is 1. The third-order valence-corrected chi connectivity index (χ3v) is 3.36. The molecule has 0 fully saturated rings. The lowest BCUT2D eigenvalue weighted by molar-refractivity contribution is -0.137. The summed E-state index contributed by atoms with van der Waals surface area (Å²) in [5.74, 6) is 0.807. The Balaban J connectivity index is 2.40. The minimum absolute atomic E-state index is 0.355. The molecule has 0 saturated heterocycles. The van der Waals surface area contributed by atoms with Crippen molar-refractivity contribution in [1.29, 1.82) is 0 Å². The third kappa shape index (κ3) is 2.40. The number of hydrogen-bond donors (Lipinski definition) is 1. The van der Waals surface area contributed by atoms with Gasteiger partial charge in [-0.25, -0.2) is 0 Å². The fraction of sp³-hybridized carbons (Fsp3) is 0.538. The molecule has 0 aliphatic carbocycles. The Labute approximate surface area is 99.0 Å². The van der Waals surface area contributed by atoms with Gasteiger partial charge < -0.3 is 5.32 Å². The Kier molecular flexibility index (Phi) is 3.06. The third-order valence-electron chi connectivity index (χ3n) is 3.36. The van der Waals surface area contributed by atoms with Gasteiger partial charge in [0.05, 0.1) is 5.56 Å². The zero-order chi connectivity index (χ0) is 12.6. The van der Waals surface area contributed by atoms with Crippen molar-refractivity contribution >= 4 is 5.69 Å². The largest absolute Gasteiger partial charge is 0.416 e. The van der Waals surface area contributed by atoms with Crippen molar-refractivity contribution in [2.45, 2.75) is 32.4 Å². The fourth-order valence-electron chi connectivity index (χ4n) is 2.42. The predicted octanol–water partition coefficient (Wildman–Crippen LogP) is 4.26. The van der Waals surface area contributed by atoms with E-state index in [1.807, 2.05) is 0 Å². The van der Waals surface area contributed by atoms with E-state index in [-0.39, 0.29) is 0 Å². The Morgan fingerprint density at radius 1 is 1.29 bits per heavy atom. The summed E-state index contributed by atoms with van der Waals surface area (Å²) in [6.07, 6.45) is -3.28. The van der Waals surface area contributed by atoms with Gasteiger partial charge in [-0.05, 0) is 36.0 Å². The molecule has 0 amide bonds. The summed E-state index contributed by atoms with van der Waals surface area (Å²) in [4.78, 5) is 0. The van der Waals surface area contributed by atoms with Gasteiger partial charge >= 0.3 is 6.18 Å². The van der Waals surface area contributed by atoms with Gasteiger partial charge in [0.2, 0.25) is 0 Å². The average Bonchev–Trinajstić information content (AvgIpc) is 2.26. The molecule has 1 atom stereocenters. The van der Waals surface area contributed by atoms with Gasteiger partial charge in [0.25, 0.3) is 0 Å². The first-order valence-corrected chi connectivity index (χ1v) is 5.84. The zero-order valence-electron chi connectivity index (χ0n) is 9.93. The summed E-state index contributed by atoms with van der Waals surface area (Å²) in [6, 6.07) is 4.03. The first kappa shape index (κ1) is 12.3. The molecule has 2 rings (SSSR count). The molecule has 0 radical (unpaired) electrons. The minimum Gasteiger partial charge on any atom is -0.385 e. The highest BCUT2D eigenvalue weighted by molar-refractivity contribution is 5.57. The Morgan fingerprint density at radius 3 is 2.59 bits per heavy atom. The first-order valence-electron chi connectivity index (χ1n) is 5.84. The van der Waals surface area contributed by atoms with Crippen LogP contribution in [0.5, 0.6) is 0 Å². The lowest BCUT2D eigenvalue weighted by atomic mass is 9.82. The molecule has 1 unspecified atom stereocenters. The lowest BCUT2D eigenvalue weighted by Crippen LogP contribution is -2.21. The maximum Gasteiger partial charge on any atom is 0.416 e. The van der Waals surface area contributed by atoms with E-state index in [1.165, 1.54) is 12.1 Å². The van der Waals surface area contributed by atoms with Crippen LogP contribution in [0.15, 0.2) is 18.2 Å². The number of benzene rings is 1. The van der Waals surface area contributed by atoms with E-state index in [0.29, 0.717) is 17.5 Å². The van der Waals surface area contributed by atoms with Gasteiger partial charge in [0.1, 0.15) is 0 Å². The maximum absolute atomic E-state index is 12.6. The number of fused-ring (bicyclic) bond motifs is 1. The lowest BCUT2D eigenvalue weighted by Gasteiger charge is -2.30. The molecule has 0 spiro atoms. The van der Waals surface area contributed by atoms with Crippen LogP contribution < -0.4 is 5.32 Å². The molecule has 94 valence electrons. The summed E-state index contributed by atoms with van der Waals surface area (Å²) < 4.78 is 37.8. The number of nitrogens with one attached hydrogen (secondary N) is 1. The molecule has 1 aliphatic rings. The molecule has 17 heavy (non-hydrogen) atoms. The summed E-state index contributed by atoms with van der Waals surface area (Å²) in [6.45, 7) is 4.96. The molecule has 1 aliphatic heterocycles. The minimum atomic E-state index is -4.26. The smallest absolute Gasteiger partial charge is 0.385 e. The van der Waals surface area contributed by atoms with E-state index in [1.54, 1.807) is 6.07 Å². The SMILES string of the molecule is CC(C)C1CCNc2cc(C(F)(F)F)ccc21. The maximum atomic E-state index is 12.6. The Morgan fingerprint density at radius 2 is 2.00 bits per heavy atom. The molecule has 1 heterocycles. The highest BCUT2D eigenvalue weighted by Gasteiger charge is 2.32. The molecule has 1 aromatic carbocycles. The monoisotopic (exact) mass is 243 g/mol. The molecular formula is C13H16F3N. The normalized spacial score (nSPS) is 20.0. The van der Waals surface area contributed by atoms with Crippen LogP contribution in [-0.4, -0.2) is 6.54 Å². The second-order valence-electron chi connectivity index (χ2n) is 4.87. The van der Waals surface area contributed by atoms with E-state index in [2.05, 4.69) is 19.2 Å². The highest BCUT2D eigenvalue weighted by Crippen LogP contribution is 2.39. The van der Waals surface area contributed by atoms with Crippen molar-refractivity contribution in [3.8, 4) is 0 Å². The summed E-state index contributed by atoms with van der Waals surface area (Å²) in [7, 11) is 0. The van der Waals surface area contributed by atoms with Gasteiger partial charge in [-0.3, -0.25) is 0 Å². The van der Waals surface area contributed by atoms with Crippen LogP contribution in [0.3, 0.4) is 0 Å². The van der Waals surface area contributed by atoms with Crippen LogP contribution in [0.2, 0.25) is 0 Å². The van der Waals surface area contributed by atoms with Crippen LogP contribution >= 0.6 is 0 Å². The van der Waals surface area contributed by atoms with Crippen molar-refractivity contribution in [2.75, 3.05) is 11.9 Å². The molecule has 1 nitrogen and oxygen atoms in total. The van der Waals surface area contributed by atoms with Crippen molar-refractivity contribution in [3.63, 3.8) is 0 Å². The average molecular weight is 243 g/mol. The van der Waals surface area contributed by atoms with Gasteiger partial charge in [-0.15, -0.1) is 0 Å². The molecule has 1 N–H and O–H groups in total. The first-order chi connectivity index (χ1) is 7.89.